The number of H-pyrrole nitrogens is 2. The van der Waals surface area contributed by atoms with E-state index in [1.165, 1.54) is 6.42 Å². The van der Waals surface area contributed by atoms with Crippen LogP contribution >= 0.6 is 11.6 Å². The van der Waals surface area contributed by atoms with Crippen LogP contribution in [0.25, 0.3) is 33.3 Å². The molecule has 2 aromatic carbocycles. The molecule has 0 amide bonds. The second-order valence-electron chi connectivity index (χ2n) is 8.95. The van der Waals surface area contributed by atoms with Crippen LogP contribution in [0.4, 0.5) is 11.4 Å². The molecule has 34 heavy (non-hydrogen) atoms. The summed E-state index contributed by atoms with van der Waals surface area (Å²) in [5.41, 5.74) is 4.63. The molecule has 0 aliphatic carbocycles. The maximum absolute atomic E-state index is 13.3. The first-order chi connectivity index (χ1) is 16.7. The normalized spacial score (nSPS) is 18.7. The molecule has 2 fully saturated rings. The predicted molar refractivity (Wildman–Crippen MR) is 137 cm³/mol. The Bertz CT molecular complexity index is 1400. The number of hydrogen-bond acceptors (Lipinski definition) is 6. The van der Waals surface area contributed by atoms with Crippen molar-refractivity contribution in [2.24, 2.45) is 0 Å². The Morgan fingerprint density at radius 3 is 2.82 bits per heavy atom. The Morgan fingerprint density at radius 1 is 1.12 bits per heavy atom. The fraction of sp³-hybridized carbons (Fsp3) is 0.360. The van der Waals surface area contributed by atoms with Gasteiger partial charge in [0.15, 0.2) is 0 Å². The summed E-state index contributed by atoms with van der Waals surface area (Å²) in [4.78, 5) is 26.8. The topological polar surface area (TPSA) is 98.1 Å². The molecular formula is C25H27ClN6O2. The highest BCUT2D eigenvalue weighted by Gasteiger charge is 2.21. The van der Waals surface area contributed by atoms with Crippen LogP contribution < -0.4 is 21.1 Å². The molecule has 9 heteroatoms. The molecule has 0 spiro atoms. The van der Waals surface area contributed by atoms with Gasteiger partial charge in [0.2, 0.25) is 0 Å². The van der Waals surface area contributed by atoms with Crippen molar-refractivity contribution < 1.29 is 4.74 Å². The van der Waals surface area contributed by atoms with E-state index in [9.17, 15) is 4.79 Å². The summed E-state index contributed by atoms with van der Waals surface area (Å²) in [5.74, 6) is 0.550. The third kappa shape index (κ3) is 4.02. The summed E-state index contributed by atoms with van der Waals surface area (Å²) in [6.07, 6.45) is 2.28. The molecule has 6 rings (SSSR count). The van der Waals surface area contributed by atoms with E-state index in [1.54, 1.807) is 6.07 Å². The Morgan fingerprint density at radius 2 is 2.00 bits per heavy atom. The highest BCUT2D eigenvalue weighted by Crippen LogP contribution is 2.33. The van der Waals surface area contributed by atoms with E-state index >= 15 is 0 Å². The monoisotopic (exact) mass is 478 g/mol. The molecule has 0 radical (unpaired) electrons. The van der Waals surface area contributed by atoms with E-state index < -0.39 is 0 Å². The lowest BCUT2D eigenvalue weighted by molar-refractivity contribution is 0.122. The number of nitrogens with one attached hydrogen (secondary N) is 4. The molecule has 2 saturated heterocycles. The number of aromatic amines is 2. The number of imidazole rings is 1. The standard InChI is InChI=1S/C25H27ClN6O2/c26-15-3-5-18-20(12-15)31-25(33)22(23(18)28-14-16-2-1-7-27-16)24-29-19-6-4-17(13-21(19)30-24)32-8-10-34-11-9-32/h3-6,12-13,16,27H,1-2,7-11,14H2,(H,29,30)(H2,28,31,33)/t16-/m0/s1. The number of benzene rings is 2. The van der Waals surface area contributed by atoms with Crippen LogP contribution in [0.15, 0.2) is 41.2 Å². The molecule has 2 aliphatic rings. The summed E-state index contributed by atoms with van der Waals surface area (Å²) in [6, 6.07) is 12.1. The zero-order valence-electron chi connectivity index (χ0n) is 18.8. The van der Waals surface area contributed by atoms with Crippen LogP contribution in [0, 0.1) is 0 Å². The average molecular weight is 479 g/mol. The minimum absolute atomic E-state index is 0.205. The molecule has 0 unspecified atom stereocenters. The zero-order valence-corrected chi connectivity index (χ0v) is 19.5. The van der Waals surface area contributed by atoms with Gasteiger partial charge in [-0.3, -0.25) is 4.79 Å². The van der Waals surface area contributed by atoms with Crippen molar-refractivity contribution in [2.75, 3.05) is 49.6 Å². The Kier molecular flexibility index (Phi) is 5.64. The van der Waals surface area contributed by atoms with Crippen molar-refractivity contribution in [2.45, 2.75) is 18.9 Å². The van der Waals surface area contributed by atoms with E-state index in [1.807, 2.05) is 18.2 Å². The number of rotatable bonds is 5. The first-order valence-electron chi connectivity index (χ1n) is 11.8. The minimum atomic E-state index is -0.205. The van der Waals surface area contributed by atoms with Crippen LogP contribution in [0.3, 0.4) is 0 Å². The van der Waals surface area contributed by atoms with Gasteiger partial charge < -0.3 is 30.2 Å². The van der Waals surface area contributed by atoms with E-state index in [0.29, 0.717) is 28.0 Å². The maximum atomic E-state index is 13.3. The van der Waals surface area contributed by atoms with Gasteiger partial charge in [-0.15, -0.1) is 0 Å². The molecule has 8 nitrogen and oxygen atoms in total. The van der Waals surface area contributed by atoms with Crippen molar-refractivity contribution in [3.05, 3.63) is 51.8 Å². The van der Waals surface area contributed by atoms with Crippen LogP contribution in [-0.2, 0) is 4.74 Å². The van der Waals surface area contributed by atoms with Gasteiger partial charge in [0, 0.05) is 41.8 Å². The lowest BCUT2D eigenvalue weighted by Gasteiger charge is -2.28. The Labute approximate surface area is 201 Å². The lowest BCUT2D eigenvalue weighted by Crippen LogP contribution is -2.36. The van der Waals surface area contributed by atoms with Crippen LogP contribution in [0.1, 0.15) is 12.8 Å². The largest absolute Gasteiger partial charge is 0.382 e. The van der Waals surface area contributed by atoms with Crippen molar-refractivity contribution >= 4 is 44.9 Å². The van der Waals surface area contributed by atoms with Crippen LogP contribution in [-0.4, -0.2) is 60.4 Å². The molecule has 4 heterocycles. The maximum Gasteiger partial charge on any atom is 0.261 e. The molecule has 0 bridgehead atoms. The second-order valence-corrected chi connectivity index (χ2v) is 9.39. The summed E-state index contributed by atoms with van der Waals surface area (Å²) >= 11 is 6.21. The van der Waals surface area contributed by atoms with Gasteiger partial charge in [-0.2, -0.15) is 0 Å². The Balaban J connectivity index is 1.44. The number of halogens is 1. The van der Waals surface area contributed by atoms with Crippen molar-refractivity contribution in [1.82, 2.24) is 20.3 Å². The van der Waals surface area contributed by atoms with Crippen LogP contribution in [0.5, 0.6) is 0 Å². The number of aromatic nitrogens is 3. The number of ether oxygens (including phenoxy) is 1. The smallest absolute Gasteiger partial charge is 0.261 e. The first-order valence-corrected chi connectivity index (χ1v) is 12.2. The fourth-order valence-corrected chi connectivity index (χ4v) is 5.14. The van der Waals surface area contributed by atoms with Crippen LogP contribution in [0.2, 0.25) is 5.02 Å². The quantitative estimate of drug-likeness (QED) is 0.349. The van der Waals surface area contributed by atoms with Gasteiger partial charge in [0.25, 0.3) is 5.56 Å². The predicted octanol–water partition coefficient (Wildman–Crippen LogP) is 3.73. The van der Waals surface area contributed by atoms with Crippen molar-refractivity contribution in [3.63, 3.8) is 0 Å². The minimum Gasteiger partial charge on any atom is -0.382 e. The van der Waals surface area contributed by atoms with Gasteiger partial charge in [-0.25, -0.2) is 4.98 Å². The molecule has 2 aromatic heterocycles. The third-order valence-electron chi connectivity index (χ3n) is 6.74. The average Bonchev–Trinajstić information content (AvgIpc) is 3.52. The first kappa shape index (κ1) is 21.5. The van der Waals surface area contributed by atoms with Gasteiger partial charge in [0.1, 0.15) is 11.4 Å². The molecular weight excluding hydrogens is 452 g/mol. The summed E-state index contributed by atoms with van der Waals surface area (Å²) in [6.45, 7) is 4.95. The van der Waals surface area contributed by atoms with Gasteiger partial charge in [0.05, 0.1) is 35.5 Å². The number of pyridine rings is 1. The summed E-state index contributed by atoms with van der Waals surface area (Å²) in [5, 5.41) is 8.56. The molecule has 2 aliphatic heterocycles. The Hall–Kier alpha value is -3.07. The van der Waals surface area contributed by atoms with E-state index in [4.69, 9.17) is 21.3 Å². The number of nitrogens with zero attached hydrogens (tertiary/aromatic N) is 2. The van der Waals surface area contributed by atoms with Gasteiger partial charge in [-0.05, 0) is 55.8 Å². The van der Waals surface area contributed by atoms with Gasteiger partial charge in [-0.1, -0.05) is 11.6 Å². The zero-order chi connectivity index (χ0) is 23.1. The van der Waals surface area contributed by atoms with Gasteiger partial charge >= 0.3 is 0 Å². The highest BCUT2D eigenvalue weighted by molar-refractivity contribution is 6.31. The molecule has 1 atom stereocenters. The number of morpholine rings is 1. The third-order valence-corrected chi connectivity index (χ3v) is 6.98. The highest BCUT2D eigenvalue weighted by atomic mass is 35.5. The molecule has 4 N–H and O–H groups in total. The summed E-state index contributed by atoms with van der Waals surface area (Å²) < 4.78 is 5.48. The second kappa shape index (κ2) is 8.94. The molecule has 176 valence electrons. The number of anilines is 2. The van der Waals surface area contributed by atoms with E-state index in [2.05, 4.69) is 37.6 Å². The number of hydrogen-bond donors (Lipinski definition) is 4. The SMILES string of the molecule is O=c1[nH]c2cc(Cl)ccc2c(NC[C@@H]2CCCN2)c1-c1nc2ccc(N3CCOCC3)cc2[nH]1. The number of fused-ring (bicyclic) bond motifs is 2. The molecule has 0 saturated carbocycles. The summed E-state index contributed by atoms with van der Waals surface area (Å²) in [7, 11) is 0. The van der Waals surface area contributed by atoms with E-state index in [0.717, 1.165) is 73.6 Å². The fourth-order valence-electron chi connectivity index (χ4n) is 4.97. The lowest BCUT2D eigenvalue weighted by atomic mass is 10.1. The molecule has 4 aromatic rings. The van der Waals surface area contributed by atoms with E-state index in [-0.39, 0.29) is 5.56 Å². The van der Waals surface area contributed by atoms with Crippen molar-refractivity contribution in [3.8, 4) is 11.4 Å². The van der Waals surface area contributed by atoms with Crippen molar-refractivity contribution in [1.29, 1.82) is 0 Å².